The lowest BCUT2D eigenvalue weighted by Crippen LogP contribution is -2.42. The van der Waals surface area contributed by atoms with Gasteiger partial charge >= 0.3 is 6.18 Å². The molecule has 18 heavy (non-hydrogen) atoms. The van der Waals surface area contributed by atoms with Gasteiger partial charge in [-0.15, -0.1) is 0 Å². The summed E-state index contributed by atoms with van der Waals surface area (Å²) < 4.78 is 36.3. The first-order valence-corrected chi connectivity index (χ1v) is 5.90. The van der Waals surface area contributed by atoms with Crippen LogP contribution in [0.25, 0.3) is 0 Å². The number of halogens is 3. The van der Waals surface area contributed by atoms with Crippen LogP contribution in [0.1, 0.15) is 13.3 Å². The van der Waals surface area contributed by atoms with E-state index in [0.717, 1.165) is 13.5 Å². The van der Waals surface area contributed by atoms with Crippen molar-refractivity contribution in [1.29, 1.82) is 0 Å². The molecule has 1 amide bonds. The van der Waals surface area contributed by atoms with Crippen LogP contribution in [0.4, 0.5) is 13.2 Å². The fraction of sp³-hybridized carbons (Fsp3) is 0.909. The normalized spacial score (nSPS) is 23.1. The van der Waals surface area contributed by atoms with Crippen LogP contribution in [0.2, 0.25) is 0 Å². The van der Waals surface area contributed by atoms with Gasteiger partial charge in [-0.2, -0.15) is 13.2 Å². The lowest BCUT2D eigenvalue weighted by Gasteiger charge is -2.22. The number of carbonyl (C=O) groups is 1. The summed E-state index contributed by atoms with van der Waals surface area (Å²) in [5.74, 6) is -0.440. The van der Waals surface area contributed by atoms with E-state index in [0.29, 0.717) is 18.0 Å². The Hall–Kier alpha value is -0.820. The number of nitrogens with zero attached hydrogens (tertiary/aromatic N) is 2. The lowest BCUT2D eigenvalue weighted by atomic mass is 10.0. The molecule has 4 nitrogen and oxygen atoms in total. The second-order valence-corrected chi connectivity index (χ2v) is 4.89. The summed E-state index contributed by atoms with van der Waals surface area (Å²) in [5.41, 5.74) is 0. The molecule has 0 aromatic carbocycles. The first kappa shape index (κ1) is 15.2. The van der Waals surface area contributed by atoms with E-state index < -0.39 is 24.7 Å². The minimum atomic E-state index is -4.36. The highest BCUT2D eigenvalue weighted by atomic mass is 19.4. The molecule has 0 aromatic rings. The number of hydrogen-bond donors (Lipinski definition) is 1. The number of likely N-dealkylation sites (tertiary alicyclic amines) is 1. The van der Waals surface area contributed by atoms with Crippen molar-refractivity contribution in [3.05, 3.63) is 0 Å². The van der Waals surface area contributed by atoms with Crippen LogP contribution in [0.5, 0.6) is 0 Å². The van der Waals surface area contributed by atoms with Crippen molar-refractivity contribution in [1.82, 2.24) is 9.80 Å². The van der Waals surface area contributed by atoms with Crippen LogP contribution >= 0.6 is 0 Å². The molecule has 0 spiro atoms. The third kappa shape index (κ3) is 4.81. The van der Waals surface area contributed by atoms with Crippen molar-refractivity contribution in [2.45, 2.75) is 25.6 Å². The van der Waals surface area contributed by atoms with Crippen molar-refractivity contribution in [3.8, 4) is 0 Å². The van der Waals surface area contributed by atoms with Crippen LogP contribution in [-0.2, 0) is 4.79 Å². The zero-order valence-corrected chi connectivity index (χ0v) is 10.6. The SMILES string of the molecule is CC(O)C1CCN(CC(=O)N(C)CC(F)(F)F)C1. The molecule has 1 fully saturated rings. The van der Waals surface area contributed by atoms with Gasteiger partial charge in [-0.1, -0.05) is 0 Å². The van der Waals surface area contributed by atoms with Crippen molar-refractivity contribution in [2.24, 2.45) is 5.92 Å². The average molecular weight is 268 g/mol. The van der Waals surface area contributed by atoms with Gasteiger partial charge < -0.3 is 10.0 Å². The van der Waals surface area contributed by atoms with E-state index in [2.05, 4.69) is 0 Å². The van der Waals surface area contributed by atoms with Gasteiger partial charge in [0.05, 0.1) is 12.6 Å². The predicted octanol–water partition coefficient (Wildman–Crippen LogP) is 0.710. The van der Waals surface area contributed by atoms with Crippen LogP contribution in [-0.4, -0.2) is 66.3 Å². The van der Waals surface area contributed by atoms with E-state index in [4.69, 9.17) is 0 Å². The fourth-order valence-corrected chi connectivity index (χ4v) is 2.07. The third-order valence-corrected chi connectivity index (χ3v) is 3.19. The number of carbonyl (C=O) groups excluding carboxylic acids is 1. The molecule has 106 valence electrons. The Morgan fingerprint density at radius 3 is 2.61 bits per heavy atom. The topological polar surface area (TPSA) is 43.8 Å². The zero-order valence-electron chi connectivity index (χ0n) is 10.6. The van der Waals surface area contributed by atoms with Gasteiger partial charge in [0.2, 0.25) is 5.91 Å². The molecule has 1 N–H and O–H groups in total. The number of likely N-dealkylation sites (N-methyl/N-ethyl adjacent to an activating group) is 1. The summed E-state index contributed by atoms with van der Waals surface area (Å²) in [5, 5.41) is 9.40. The minimum absolute atomic E-state index is 0.0181. The summed E-state index contributed by atoms with van der Waals surface area (Å²) in [7, 11) is 1.15. The Morgan fingerprint density at radius 2 is 2.17 bits per heavy atom. The van der Waals surface area contributed by atoms with Crippen molar-refractivity contribution in [2.75, 3.05) is 33.2 Å². The summed E-state index contributed by atoms with van der Waals surface area (Å²) in [4.78, 5) is 14.0. The van der Waals surface area contributed by atoms with Crippen LogP contribution in [0, 0.1) is 5.92 Å². The van der Waals surface area contributed by atoms with Crippen molar-refractivity contribution >= 4 is 5.91 Å². The van der Waals surface area contributed by atoms with Crippen LogP contribution in [0.3, 0.4) is 0 Å². The highest BCUT2D eigenvalue weighted by Crippen LogP contribution is 2.20. The molecule has 0 bridgehead atoms. The molecular weight excluding hydrogens is 249 g/mol. The number of aliphatic hydroxyl groups is 1. The van der Waals surface area contributed by atoms with Crippen LogP contribution in [0.15, 0.2) is 0 Å². The Bertz CT molecular complexity index is 295. The molecule has 1 aliphatic rings. The number of alkyl halides is 3. The van der Waals surface area contributed by atoms with E-state index >= 15 is 0 Å². The lowest BCUT2D eigenvalue weighted by molar-refractivity contribution is -0.158. The molecule has 0 aliphatic carbocycles. The minimum Gasteiger partial charge on any atom is -0.393 e. The van der Waals surface area contributed by atoms with Crippen molar-refractivity contribution < 1.29 is 23.1 Å². The number of hydrogen-bond acceptors (Lipinski definition) is 3. The predicted molar refractivity (Wildman–Crippen MR) is 59.9 cm³/mol. The third-order valence-electron chi connectivity index (χ3n) is 3.19. The molecule has 2 unspecified atom stereocenters. The van der Waals surface area contributed by atoms with Crippen molar-refractivity contribution in [3.63, 3.8) is 0 Å². The smallest absolute Gasteiger partial charge is 0.393 e. The second kappa shape index (κ2) is 5.88. The molecule has 0 saturated carbocycles. The van der Waals surface area contributed by atoms with Gasteiger partial charge in [-0.05, 0) is 25.8 Å². The molecule has 1 aliphatic heterocycles. The van der Waals surface area contributed by atoms with Gasteiger partial charge in [-0.25, -0.2) is 0 Å². The number of amides is 1. The fourth-order valence-electron chi connectivity index (χ4n) is 2.07. The maximum Gasteiger partial charge on any atom is 0.406 e. The average Bonchev–Trinajstić information content (AvgIpc) is 2.63. The largest absolute Gasteiger partial charge is 0.406 e. The van der Waals surface area contributed by atoms with E-state index in [-0.39, 0.29) is 12.5 Å². The van der Waals surface area contributed by atoms with Gasteiger partial charge in [0.1, 0.15) is 6.54 Å². The van der Waals surface area contributed by atoms with Gasteiger partial charge in [-0.3, -0.25) is 9.69 Å². The molecule has 2 atom stereocenters. The van der Waals surface area contributed by atoms with Gasteiger partial charge in [0.15, 0.2) is 0 Å². The summed E-state index contributed by atoms with van der Waals surface area (Å²) in [6.45, 7) is 1.64. The van der Waals surface area contributed by atoms with E-state index in [1.807, 2.05) is 0 Å². The Labute approximate surface area is 104 Å². The molecule has 1 rings (SSSR count). The standard InChI is InChI=1S/C11H19F3N2O2/c1-8(17)9-3-4-16(5-9)6-10(18)15(2)7-11(12,13)14/h8-9,17H,3-7H2,1-2H3. The summed E-state index contributed by atoms with van der Waals surface area (Å²) in [6, 6.07) is 0. The zero-order chi connectivity index (χ0) is 13.9. The Kier molecular flexibility index (Phi) is 4.98. The molecule has 0 aromatic heterocycles. The molecule has 0 radical (unpaired) electrons. The van der Waals surface area contributed by atoms with E-state index in [1.54, 1.807) is 11.8 Å². The first-order chi connectivity index (χ1) is 8.19. The molecule has 7 heteroatoms. The Balaban J connectivity index is 2.37. The van der Waals surface area contributed by atoms with Gasteiger partial charge in [0.25, 0.3) is 0 Å². The number of aliphatic hydroxyl groups excluding tert-OH is 1. The summed E-state index contributed by atoms with van der Waals surface area (Å²) >= 11 is 0. The Morgan fingerprint density at radius 1 is 1.56 bits per heavy atom. The van der Waals surface area contributed by atoms with Crippen LogP contribution < -0.4 is 0 Å². The summed E-state index contributed by atoms with van der Waals surface area (Å²) in [6.07, 6.45) is -4.04. The molecule has 1 heterocycles. The first-order valence-electron chi connectivity index (χ1n) is 5.90. The molecule has 1 saturated heterocycles. The van der Waals surface area contributed by atoms with E-state index in [1.165, 1.54) is 0 Å². The quantitative estimate of drug-likeness (QED) is 0.816. The highest BCUT2D eigenvalue weighted by molar-refractivity contribution is 5.78. The van der Waals surface area contributed by atoms with E-state index in [9.17, 15) is 23.1 Å². The number of rotatable bonds is 4. The second-order valence-electron chi connectivity index (χ2n) is 4.89. The monoisotopic (exact) mass is 268 g/mol. The van der Waals surface area contributed by atoms with Gasteiger partial charge in [0, 0.05) is 13.6 Å². The maximum absolute atomic E-state index is 12.1. The maximum atomic E-state index is 12.1. The highest BCUT2D eigenvalue weighted by Gasteiger charge is 2.33. The molecular formula is C11H19F3N2O2.